The van der Waals surface area contributed by atoms with E-state index in [1.54, 1.807) is 0 Å². The number of carbonyl (C=O) groups excluding carboxylic acids is 2. The molecule has 0 aromatic heterocycles. The number of carboxylic acids is 1. The first-order valence-corrected chi connectivity index (χ1v) is 8.68. The number of hydrogen-bond acceptors (Lipinski definition) is 5. The number of nitrogens with two attached hydrogens (primary N) is 2. The van der Waals surface area contributed by atoms with Crippen molar-refractivity contribution in [3.8, 4) is 0 Å². The molecule has 0 aliphatic carbocycles. The van der Waals surface area contributed by atoms with E-state index in [-0.39, 0.29) is 0 Å². The van der Waals surface area contributed by atoms with E-state index in [1.807, 2.05) is 30.3 Å². The van der Waals surface area contributed by atoms with Crippen LogP contribution in [-0.2, 0) is 20.8 Å². The number of benzene rings is 1. The van der Waals surface area contributed by atoms with Gasteiger partial charge >= 0.3 is 5.97 Å². The highest BCUT2D eigenvalue weighted by Gasteiger charge is 2.25. The Morgan fingerprint density at radius 3 is 2.31 bits per heavy atom. The van der Waals surface area contributed by atoms with Gasteiger partial charge in [-0.3, -0.25) is 14.4 Å². The molecule has 0 heterocycles. The highest BCUT2D eigenvalue weighted by atomic mass is 16.4. The zero-order valence-electron chi connectivity index (χ0n) is 15.0. The summed E-state index contributed by atoms with van der Waals surface area (Å²) >= 11 is 0. The third-order valence-corrected chi connectivity index (χ3v) is 3.94. The van der Waals surface area contributed by atoms with Crippen molar-refractivity contribution in [2.24, 2.45) is 11.5 Å². The quantitative estimate of drug-likeness (QED) is 0.342. The van der Waals surface area contributed by atoms with E-state index in [0.29, 0.717) is 32.2 Å². The Morgan fingerprint density at radius 1 is 1.08 bits per heavy atom. The molecule has 1 rings (SSSR count). The second-order valence-electron chi connectivity index (χ2n) is 6.21. The molecule has 0 unspecified atom stereocenters. The molecule has 0 fully saturated rings. The van der Waals surface area contributed by atoms with Crippen LogP contribution >= 0.6 is 0 Å². The maximum Gasteiger partial charge on any atom is 0.325 e. The molecule has 1 aromatic rings. The van der Waals surface area contributed by atoms with Gasteiger partial charge in [-0.25, -0.2) is 0 Å². The lowest BCUT2D eigenvalue weighted by Crippen LogP contribution is -2.54. The molecule has 3 atom stereocenters. The molecule has 7 N–H and O–H groups in total. The largest absolute Gasteiger partial charge is 0.480 e. The fourth-order valence-electron chi connectivity index (χ4n) is 2.38. The van der Waals surface area contributed by atoms with Gasteiger partial charge in [0.1, 0.15) is 12.1 Å². The summed E-state index contributed by atoms with van der Waals surface area (Å²) in [5.41, 5.74) is 12.3. The predicted molar refractivity (Wildman–Crippen MR) is 98.2 cm³/mol. The highest BCUT2D eigenvalue weighted by Crippen LogP contribution is 2.05. The van der Waals surface area contributed by atoms with Crippen molar-refractivity contribution < 1.29 is 19.5 Å². The molecular weight excluding hydrogens is 336 g/mol. The minimum atomic E-state index is -1.15. The minimum Gasteiger partial charge on any atom is -0.480 e. The predicted octanol–water partition coefficient (Wildman–Crippen LogP) is -0.240. The zero-order valence-corrected chi connectivity index (χ0v) is 15.0. The zero-order chi connectivity index (χ0) is 19.5. The first-order chi connectivity index (χ1) is 12.3. The summed E-state index contributed by atoms with van der Waals surface area (Å²) in [7, 11) is 0. The Kier molecular flexibility index (Phi) is 9.32. The van der Waals surface area contributed by atoms with Gasteiger partial charge in [-0.1, -0.05) is 30.3 Å². The molecule has 0 aliphatic rings. The van der Waals surface area contributed by atoms with Crippen LogP contribution in [0.2, 0.25) is 0 Å². The first-order valence-electron chi connectivity index (χ1n) is 8.68. The summed E-state index contributed by atoms with van der Waals surface area (Å²) in [4.78, 5) is 35.6. The van der Waals surface area contributed by atoms with Crippen LogP contribution in [0.25, 0.3) is 0 Å². The second kappa shape index (κ2) is 11.2. The van der Waals surface area contributed by atoms with Crippen LogP contribution in [-0.4, -0.2) is 47.6 Å². The van der Waals surface area contributed by atoms with Gasteiger partial charge in [0.05, 0.1) is 6.04 Å². The number of unbranched alkanes of at least 4 members (excludes halogenated alkanes) is 1. The highest BCUT2D eigenvalue weighted by molar-refractivity contribution is 5.91. The Morgan fingerprint density at radius 2 is 1.73 bits per heavy atom. The van der Waals surface area contributed by atoms with E-state index in [0.717, 1.165) is 5.56 Å². The topological polar surface area (TPSA) is 148 Å². The van der Waals surface area contributed by atoms with Crippen molar-refractivity contribution in [3.63, 3.8) is 0 Å². The Bertz CT molecular complexity index is 594. The van der Waals surface area contributed by atoms with Gasteiger partial charge in [0, 0.05) is 0 Å². The first kappa shape index (κ1) is 21.6. The number of carbonyl (C=O) groups is 3. The minimum absolute atomic E-state index is 0.343. The van der Waals surface area contributed by atoms with Crippen molar-refractivity contribution >= 4 is 17.8 Å². The average Bonchev–Trinajstić information content (AvgIpc) is 2.61. The lowest BCUT2D eigenvalue weighted by molar-refractivity contribution is -0.141. The monoisotopic (exact) mass is 364 g/mol. The Hall–Kier alpha value is -2.45. The number of nitrogens with one attached hydrogen (secondary N) is 2. The molecule has 0 saturated heterocycles. The van der Waals surface area contributed by atoms with Gasteiger partial charge in [-0.2, -0.15) is 0 Å². The molecule has 8 nitrogen and oxygen atoms in total. The van der Waals surface area contributed by atoms with Crippen molar-refractivity contribution in [2.75, 3.05) is 6.54 Å². The van der Waals surface area contributed by atoms with E-state index >= 15 is 0 Å². The summed E-state index contributed by atoms with van der Waals surface area (Å²) in [5, 5.41) is 13.9. The fraction of sp³-hybridized carbons (Fsp3) is 0.500. The van der Waals surface area contributed by atoms with E-state index in [1.165, 1.54) is 6.92 Å². The molecule has 8 heteroatoms. The van der Waals surface area contributed by atoms with Crippen LogP contribution in [0.4, 0.5) is 0 Å². The summed E-state index contributed by atoms with van der Waals surface area (Å²) in [6.45, 7) is 1.83. The Balaban J connectivity index is 2.68. The third kappa shape index (κ3) is 7.62. The second-order valence-corrected chi connectivity index (χ2v) is 6.21. The number of carboxylic acid groups (broad SMARTS) is 1. The van der Waals surface area contributed by atoms with Crippen molar-refractivity contribution in [3.05, 3.63) is 35.9 Å². The third-order valence-electron chi connectivity index (χ3n) is 3.94. The number of amides is 2. The fourth-order valence-corrected chi connectivity index (χ4v) is 2.38. The molecule has 0 radical (unpaired) electrons. The molecular formula is C18H28N4O4. The molecule has 2 amide bonds. The molecule has 0 bridgehead atoms. The molecule has 0 saturated carbocycles. The molecule has 1 aromatic carbocycles. The van der Waals surface area contributed by atoms with Crippen LogP contribution in [0.5, 0.6) is 0 Å². The van der Waals surface area contributed by atoms with Crippen molar-refractivity contribution in [2.45, 2.75) is 50.7 Å². The van der Waals surface area contributed by atoms with E-state index in [2.05, 4.69) is 10.6 Å². The van der Waals surface area contributed by atoms with Gasteiger partial charge in [0.25, 0.3) is 0 Å². The summed E-state index contributed by atoms with van der Waals surface area (Å²) < 4.78 is 0. The average molecular weight is 364 g/mol. The number of hydrogen-bond donors (Lipinski definition) is 5. The molecule has 0 spiro atoms. The van der Waals surface area contributed by atoms with Crippen molar-refractivity contribution in [1.82, 2.24) is 10.6 Å². The van der Waals surface area contributed by atoms with E-state index in [9.17, 15) is 14.4 Å². The molecule has 0 aliphatic heterocycles. The SMILES string of the molecule is C[C@H](NC(=O)[C@H](CCCCN)NC(=O)[C@@H](N)Cc1ccccc1)C(=O)O. The standard InChI is InChI=1S/C18H28N4O4/c1-12(18(25)26)21-17(24)15(9-5-6-10-19)22-16(23)14(20)11-13-7-3-2-4-8-13/h2-4,7-8,12,14-15H,5-6,9-11,19-20H2,1H3,(H,21,24)(H,22,23)(H,25,26)/t12-,14-,15-/m0/s1. The maximum absolute atomic E-state index is 12.4. The van der Waals surface area contributed by atoms with Gasteiger partial charge in [-0.15, -0.1) is 0 Å². The van der Waals surface area contributed by atoms with Crippen LogP contribution in [0.1, 0.15) is 31.7 Å². The van der Waals surface area contributed by atoms with Gasteiger partial charge < -0.3 is 27.2 Å². The van der Waals surface area contributed by atoms with Crippen LogP contribution < -0.4 is 22.1 Å². The van der Waals surface area contributed by atoms with E-state index < -0.39 is 35.9 Å². The van der Waals surface area contributed by atoms with Crippen LogP contribution in [0, 0.1) is 0 Å². The number of rotatable bonds is 11. The maximum atomic E-state index is 12.4. The van der Waals surface area contributed by atoms with Crippen molar-refractivity contribution in [1.29, 1.82) is 0 Å². The van der Waals surface area contributed by atoms with Crippen LogP contribution in [0.15, 0.2) is 30.3 Å². The van der Waals surface area contributed by atoms with Crippen LogP contribution in [0.3, 0.4) is 0 Å². The summed E-state index contributed by atoms with van der Waals surface area (Å²) in [6, 6.07) is 6.62. The molecule has 144 valence electrons. The smallest absolute Gasteiger partial charge is 0.325 e. The molecule has 26 heavy (non-hydrogen) atoms. The lowest BCUT2D eigenvalue weighted by atomic mass is 10.0. The Labute approximate surface area is 153 Å². The van der Waals surface area contributed by atoms with Gasteiger partial charge in [0.15, 0.2) is 0 Å². The van der Waals surface area contributed by atoms with Gasteiger partial charge in [-0.05, 0) is 44.7 Å². The lowest BCUT2D eigenvalue weighted by Gasteiger charge is -2.22. The normalized spacial score (nSPS) is 14.1. The summed E-state index contributed by atoms with van der Waals surface area (Å²) in [6.07, 6.45) is 2.03. The number of aliphatic carboxylic acids is 1. The summed E-state index contributed by atoms with van der Waals surface area (Å²) in [5.74, 6) is -2.15. The van der Waals surface area contributed by atoms with E-state index in [4.69, 9.17) is 16.6 Å². The van der Waals surface area contributed by atoms with Gasteiger partial charge in [0.2, 0.25) is 11.8 Å².